The highest BCUT2D eigenvalue weighted by molar-refractivity contribution is 8.00. The second-order valence-corrected chi connectivity index (χ2v) is 9.40. The third kappa shape index (κ3) is 6.40. The molecule has 1 aromatic carbocycles. The molecule has 8 heteroatoms. The molecule has 0 aliphatic rings. The van der Waals surface area contributed by atoms with Crippen molar-refractivity contribution in [2.75, 3.05) is 17.1 Å². The minimum atomic E-state index is -0.603. The topological polar surface area (TPSA) is 53.1 Å². The Balaban J connectivity index is 1.68. The van der Waals surface area contributed by atoms with E-state index in [1.165, 1.54) is 23.8 Å². The van der Waals surface area contributed by atoms with Crippen molar-refractivity contribution in [1.29, 1.82) is 0 Å². The van der Waals surface area contributed by atoms with Crippen LogP contribution in [0.3, 0.4) is 0 Å². The Kier molecular flexibility index (Phi) is 7.69. The Morgan fingerprint density at radius 3 is 2.41 bits per heavy atom. The normalized spacial score (nSPS) is 11.6. The number of pyridine rings is 2. The van der Waals surface area contributed by atoms with Crippen LogP contribution in [0.2, 0.25) is 0 Å². The Labute approximate surface area is 192 Å². The minimum Gasteiger partial charge on any atom is -0.379 e. The van der Waals surface area contributed by atoms with Crippen LogP contribution < -0.4 is 10.0 Å². The smallest absolute Gasteiger partial charge is 0.214 e. The van der Waals surface area contributed by atoms with E-state index in [0.717, 1.165) is 24.1 Å². The molecule has 0 saturated heterocycles. The lowest BCUT2D eigenvalue weighted by Gasteiger charge is -2.32. The highest BCUT2D eigenvalue weighted by atomic mass is 32.2. The molecular weight excluding hydrogens is 428 g/mol. The van der Waals surface area contributed by atoms with E-state index >= 15 is 0 Å². The maximum atomic E-state index is 14.7. The summed E-state index contributed by atoms with van der Waals surface area (Å²) >= 11 is 0.959. The first-order valence-corrected chi connectivity index (χ1v) is 11.2. The summed E-state index contributed by atoms with van der Waals surface area (Å²) in [6.45, 7) is 9.77. The highest BCUT2D eigenvalue weighted by Gasteiger charge is 2.18. The molecule has 3 aromatic rings. The molecule has 5 nitrogen and oxygen atoms in total. The maximum absolute atomic E-state index is 14.7. The van der Waals surface area contributed by atoms with Crippen molar-refractivity contribution in [3.8, 4) is 0 Å². The minimum absolute atomic E-state index is 0.0623. The molecule has 170 valence electrons. The molecule has 0 spiro atoms. The maximum Gasteiger partial charge on any atom is 0.214 e. The van der Waals surface area contributed by atoms with Crippen molar-refractivity contribution >= 4 is 23.5 Å². The number of nitrogens with one attached hydrogen (secondary N) is 2. The summed E-state index contributed by atoms with van der Waals surface area (Å²) in [7, 11) is 2.11. The molecule has 0 unspecified atom stereocenters. The molecule has 2 N–H and O–H groups in total. The van der Waals surface area contributed by atoms with Gasteiger partial charge < -0.3 is 10.0 Å². The van der Waals surface area contributed by atoms with Crippen LogP contribution in [-0.2, 0) is 13.1 Å². The number of hydrogen-bond acceptors (Lipinski definition) is 6. The quantitative estimate of drug-likeness (QED) is 0.318. The molecule has 32 heavy (non-hydrogen) atoms. The van der Waals surface area contributed by atoms with Crippen LogP contribution in [0.25, 0.3) is 0 Å². The van der Waals surface area contributed by atoms with Gasteiger partial charge in [-0.2, -0.15) is 4.39 Å². The summed E-state index contributed by atoms with van der Waals surface area (Å²) in [4.78, 5) is 10.4. The zero-order chi connectivity index (χ0) is 23.3. The summed E-state index contributed by atoms with van der Waals surface area (Å²) in [6.07, 6.45) is 0. The monoisotopic (exact) mass is 457 g/mol. The summed E-state index contributed by atoms with van der Waals surface area (Å²) < 4.78 is 30.7. The van der Waals surface area contributed by atoms with Gasteiger partial charge in [-0.25, -0.2) is 14.4 Å². The molecule has 2 aromatic heterocycles. The van der Waals surface area contributed by atoms with Crippen LogP contribution in [0.5, 0.6) is 0 Å². The van der Waals surface area contributed by atoms with Gasteiger partial charge in [0.1, 0.15) is 5.82 Å². The zero-order valence-corrected chi connectivity index (χ0v) is 19.9. The second-order valence-electron chi connectivity index (χ2n) is 8.61. The Hall–Kier alpha value is -2.71. The number of hydrogen-bond donors (Lipinski definition) is 2. The molecule has 0 atom stereocenters. The first-order chi connectivity index (χ1) is 15.1. The van der Waals surface area contributed by atoms with Gasteiger partial charge in [-0.3, -0.25) is 4.90 Å². The number of aryl methyl sites for hydroxylation is 1. The van der Waals surface area contributed by atoms with Crippen molar-refractivity contribution in [2.45, 2.75) is 51.3 Å². The van der Waals surface area contributed by atoms with Crippen molar-refractivity contribution < 1.29 is 8.78 Å². The lowest BCUT2D eigenvalue weighted by atomic mass is 10.0. The number of rotatable bonds is 8. The average Bonchev–Trinajstić information content (AvgIpc) is 2.73. The van der Waals surface area contributed by atoms with Crippen LogP contribution >= 0.6 is 11.9 Å². The number of nitrogens with zero attached hydrogens (tertiary/aromatic N) is 3. The number of benzene rings is 1. The molecule has 0 bridgehead atoms. The second kappa shape index (κ2) is 10.3. The predicted molar refractivity (Wildman–Crippen MR) is 128 cm³/mol. The van der Waals surface area contributed by atoms with Gasteiger partial charge in [0.25, 0.3) is 0 Å². The van der Waals surface area contributed by atoms with Crippen molar-refractivity contribution in [1.82, 2.24) is 14.9 Å². The molecule has 3 rings (SSSR count). The summed E-state index contributed by atoms with van der Waals surface area (Å²) in [5.41, 5.74) is 3.75. The van der Waals surface area contributed by atoms with E-state index in [9.17, 15) is 8.78 Å². The SMILES string of the molecule is Cc1nc(SNc2cccc(F)n2)c(F)cc1NCc1ccccc1CN(C)C(C)(C)C. The number of aromatic nitrogens is 2. The first kappa shape index (κ1) is 23.9. The van der Waals surface area contributed by atoms with Crippen molar-refractivity contribution in [2.24, 2.45) is 0 Å². The summed E-state index contributed by atoms with van der Waals surface area (Å²) in [5, 5.41) is 3.49. The van der Waals surface area contributed by atoms with Crippen molar-refractivity contribution in [3.63, 3.8) is 0 Å². The lowest BCUT2D eigenvalue weighted by molar-refractivity contribution is 0.167. The molecule has 0 saturated carbocycles. The van der Waals surface area contributed by atoms with Gasteiger partial charge in [-0.15, -0.1) is 0 Å². The molecule has 0 aliphatic carbocycles. The fraction of sp³-hybridized carbons (Fsp3) is 0.333. The van der Waals surface area contributed by atoms with Gasteiger partial charge in [0.15, 0.2) is 10.8 Å². The molecule has 0 amide bonds. The van der Waals surface area contributed by atoms with Crippen LogP contribution in [0.1, 0.15) is 37.6 Å². The molecular formula is C24H29F2N5S. The van der Waals surface area contributed by atoms with Crippen LogP contribution in [0, 0.1) is 18.7 Å². The molecule has 0 fully saturated rings. The molecule has 0 radical (unpaired) electrons. The number of anilines is 2. The molecule has 0 aliphatic heterocycles. The van der Waals surface area contributed by atoms with E-state index in [0.29, 0.717) is 23.7 Å². The largest absolute Gasteiger partial charge is 0.379 e. The Morgan fingerprint density at radius 2 is 1.72 bits per heavy atom. The van der Waals surface area contributed by atoms with Crippen LogP contribution in [-0.4, -0.2) is 27.5 Å². The van der Waals surface area contributed by atoms with E-state index in [4.69, 9.17) is 0 Å². The van der Waals surface area contributed by atoms with Crippen molar-refractivity contribution in [3.05, 3.63) is 77.1 Å². The van der Waals surface area contributed by atoms with Gasteiger partial charge in [0.05, 0.1) is 11.4 Å². The third-order valence-corrected chi connectivity index (χ3v) is 6.03. The van der Waals surface area contributed by atoms with Gasteiger partial charge in [-0.1, -0.05) is 30.3 Å². The van der Waals surface area contributed by atoms with Gasteiger partial charge in [0.2, 0.25) is 5.95 Å². The molecule has 2 heterocycles. The van der Waals surface area contributed by atoms with E-state index in [1.807, 2.05) is 19.1 Å². The lowest BCUT2D eigenvalue weighted by Crippen LogP contribution is -2.37. The van der Waals surface area contributed by atoms with Gasteiger partial charge in [-0.05, 0) is 58.0 Å². The Morgan fingerprint density at radius 1 is 1.00 bits per heavy atom. The zero-order valence-electron chi connectivity index (χ0n) is 19.0. The third-order valence-electron chi connectivity index (χ3n) is 5.24. The van der Waals surface area contributed by atoms with Gasteiger partial charge in [0, 0.05) is 36.6 Å². The average molecular weight is 458 g/mol. The number of halogens is 2. The van der Waals surface area contributed by atoms with E-state index in [2.05, 4.69) is 64.9 Å². The van der Waals surface area contributed by atoms with Gasteiger partial charge >= 0.3 is 0 Å². The Bertz CT molecular complexity index is 1070. The standard InChI is InChI=1S/C24H29F2N5S/c1-16-20(13-19(25)23(28-16)32-30-22-12-8-11-21(26)29-22)27-14-17-9-6-7-10-18(17)15-31(5)24(2,3)4/h6-13,27H,14-15H2,1-5H3,(H,29,30). The van der Waals surface area contributed by atoms with E-state index in [-0.39, 0.29) is 10.6 Å². The fourth-order valence-electron chi connectivity index (χ4n) is 2.94. The van der Waals surface area contributed by atoms with Crippen LogP contribution in [0.15, 0.2) is 53.6 Å². The van der Waals surface area contributed by atoms with Crippen LogP contribution in [0.4, 0.5) is 20.3 Å². The highest BCUT2D eigenvalue weighted by Crippen LogP contribution is 2.26. The fourth-order valence-corrected chi connectivity index (χ4v) is 3.60. The van der Waals surface area contributed by atoms with E-state index in [1.54, 1.807) is 6.07 Å². The first-order valence-electron chi connectivity index (χ1n) is 10.4. The summed E-state index contributed by atoms with van der Waals surface area (Å²) in [6, 6.07) is 14.1. The predicted octanol–water partition coefficient (Wildman–Crippen LogP) is 6.02. The summed E-state index contributed by atoms with van der Waals surface area (Å²) in [5.74, 6) is -0.769. The van der Waals surface area contributed by atoms with E-state index < -0.39 is 11.8 Å².